The Balaban J connectivity index is 2.39. The predicted molar refractivity (Wildman–Crippen MR) is 43.1 cm³/mol. The number of hydrogen-bond acceptors (Lipinski definition) is 2. The lowest BCUT2D eigenvalue weighted by Gasteiger charge is -1.99. The van der Waals surface area contributed by atoms with Gasteiger partial charge in [-0.15, -0.1) is 0 Å². The molecule has 1 heterocycles. The van der Waals surface area contributed by atoms with Crippen LogP contribution >= 0.6 is 0 Å². The number of aromatic nitrogens is 2. The SMILES string of the molecule is Cc1cc(C)nc([C]2CC2)n1. The molecule has 0 N–H and O–H groups in total. The molecule has 1 fully saturated rings. The van der Waals surface area contributed by atoms with E-state index in [9.17, 15) is 0 Å². The molecule has 1 aliphatic rings. The Kier molecular flexibility index (Phi) is 1.41. The molecule has 0 unspecified atom stereocenters. The Labute approximate surface area is 66.7 Å². The van der Waals surface area contributed by atoms with Gasteiger partial charge in [0.1, 0.15) is 5.82 Å². The minimum Gasteiger partial charge on any atom is -0.238 e. The van der Waals surface area contributed by atoms with Crippen LogP contribution in [0.2, 0.25) is 0 Å². The van der Waals surface area contributed by atoms with Crippen molar-refractivity contribution in [1.82, 2.24) is 9.97 Å². The molecule has 1 aliphatic carbocycles. The molecule has 0 spiro atoms. The average molecular weight is 147 g/mol. The smallest absolute Gasteiger partial charge is 0.135 e. The molecule has 0 saturated heterocycles. The van der Waals surface area contributed by atoms with Crippen LogP contribution in [0.15, 0.2) is 6.07 Å². The van der Waals surface area contributed by atoms with Gasteiger partial charge < -0.3 is 0 Å². The lowest BCUT2D eigenvalue weighted by Crippen LogP contribution is -1.96. The molecule has 0 aromatic carbocycles. The van der Waals surface area contributed by atoms with Crippen LogP contribution in [0.3, 0.4) is 0 Å². The molecule has 0 aliphatic heterocycles. The summed E-state index contributed by atoms with van der Waals surface area (Å²) < 4.78 is 0. The van der Waals surface area contributed by atoms with Crippen LogP contribution < -0.4 is 0 Å². The van der Waals surface area contributed by atoms with Crippen molar-refractivity contribution in [3.63, 3.8) is 0 Å². The maximum absolute atomic E-state index is 4.35. The predicted octanol–water partition coefficient (Wildman–Crippen LogP) is 1.81. The van der Waals surface area contributed by atoms with Crippen molar-refractivity contribution >= 4 is 0 Å². The summed E-state index contributed by atoms with van der Waals surface area (Å²) >= 11 is 0. The van der Waals surface area contributed by atoms with Gasteiger partial charge in [-0.2, -0.15) is 0 Å². The van der Waals surface area contributed by atoms with Crippen molar-refractivity contribution in [3.05, 3.63) is 29.2 Å². The molecule has 1 saturated carbocycles. The molecule has 1 radical (unpaired) electrons. The van der Waals surface area contributed by atoms with E-state index in [2.05, 4.69) is 9.97 Å². The Morgan fingerprint density at radius 1 is 1.09 bits per heavy atom. The van der Waals surface area contributed by atoms with Gasteiger partial charge in [-0.25, -0.2) is 9.97 Å². The van der Waals surface area contributed by atoms with Crippen molar-refractivity contribution in [2.24, 2.45) is 0 Å². The van der Waals surface area contributed by atoms with E-state index < -0.39 is 0 Å². The zero-order chi connectivity index (χ0) is 7.84. The van der Waals surface area contributed by atoms with Gasteiger partial charge in [0.05, 0.1) is 0 Å². The summed E-state index contributed by atoms with van der Waals surface area (Å²) in [6, 6.07) is 2.01. The Morgan fingerprint density at radius 3 is 2.09 bits per heavy atom. The van der Waals surface area contributed by atoms with E-state index in [-0.39, 0.29) is 0 Å². The van der Waals surface area contributed by atoms with E-state index in [0.29, 0.717) is 0 Å². The first-order valence-electron chi connectivity index (χ1n) is 3.93. The summed E-state index contributed by atoms with van der Waals surface area (Å²) in [6.07, 6.45) is 2.39. The summed E-state index contributed by atoms with van der Waals surface area (Å²) in [5, 5.41) is 0. The van der Waals surface area contributed by atoms with Crippen LogP contribution in [0.4, 0.5) is 0 Å². The quantitative estimate of drug-likeness (QED) is 0.605. The lowest BCUT2D eigenvalue weighted by atomic mass is 10.3. The maximum atomic E-state index is 4.35. The van der Waals surface area contributed by atoms with Crippen LogP contribution in [0, 0.1) is 19.8 Å². The van der Waals surface area contributed by atoms with Gasteiger partial charge in [0.25, 0.3) is 0 Å². The summed E-state index contributed by atoms with van der Waals surface area (Å²) in [4.78, 5) is 8.70. The standard InChI is InChI=1S/C9H11N2/c1-6-5-7(2)11-9(10-6)8-3-4-8/h5H,3-4H2,1-2H3. The molecule has 57 valence electrons. The first-order valence-corrected chi connectivity index (χ1v) is 3.93. The topological polar surface area (TPSA) is 25.8 Å². The Morgan fingerprint density at radius 2 is 1.64 bits per heavy atom. The third-order valence-corrected chi connectivity index (χ3v) is 1.80. The van der Waals surface area contributed by atoms with E-state index >= 15 is 0 Å². The summed E-state index contributed by atoms with van der Waals surface area (Å²) in [5.74, 6) is 2.39. The van der Waals surface area contributed by atoms with Crippen LogP contribution in [0.25, 0.3) is 0 Å². The van der Waals surface area contributed by atoms with E-state index in [4.69, 9.17) is 0 Å². The number of aryl methyl sites for hydroxylation is 2. The maximum Gasteiger partial charge on any atom is 0.135 e. The Hall–Kier alpha value is -0.920. The normalized spacial score (nSPS) is 16.9. The van der Waals surface area contributed by atoms with Crippen LogP contribution in [-0.2, 0) is 0 Å². The van der Waals surface area contributed by atoms with Crippen molar-refractivity contribution in [2.45, 2.75) is 26.7 Å². The lowest BCUT2D eigenvalue weighted by molar-refractivity contribution is 0.975. The minimum absolute atomic E-state index is 0.975. The first-order chi connectivity index (χ1) is 5.25. The third-order valence-electron chi connectivity index (χ3n) is 1.80. The number of rotatable bonds is 1. The highest BCUT2D eigenvalue weighted by Crippen LogP contribution is 2.36. The average Bonchev–Trinajstić information content (AvgIpc) is 2.64. The van der Waals surface area contributed by atoms with E-state index in [0.717, 1.165) is 17.2 Å². The fraction of sp³-hybridized carbons (Fsp3) is 0.444. The minimum atomic E-state index is 0.975. The number of nitrogens with zero attached hydrogens (tertiary/aromatic N) is 2. The number of hydrogen-bond donors (Lipinski definition) is 0. The molecular formula is C9H11N2. The van der Waals surface area contributed by atoms with Gasteiger partial charge in [0.15, 0.2) is 0 Å². The van der Waals surface area contributed by atoms with Crippen LogP contribution in [0.5, 0.6) is 0 Å². The largest absolute Gasteiger partial charge is 0.238 e. The molecule has 1 aromatic rings. The van der Waals surface area contributed by atoms with Crippen LogP contribution in [0.1, 0.15) is 30.1 Å². The highest BCUT2D eigenvalue weighted by molar-refractivity contribution is 5.27. The van der Waals surface area contributed by atoms with Crippen molar-refractivity contribution < 1.29 is 0 Å². The third kappa shape index (κ3) is 1.39. The van der Waals surface area contributed by atoms with E-state index in [1.54, 1.807) is 0 Å². The first kappa shape index (κ1) is 6.77. The van der Waals surface area contributed by atoms with Gasteiger partial charge in [-0.1, -0.05) is 0 Å². The molecule has 2 nitrogen and oxygen atoms in total. The molecule has 0 bridgehead atoms. The molecule has 2 rings (SSSR count). The van der Waals surface area contributed by atoms with Gasteiger partial charge in [0, 0.05) is 17.3 Å². The molecule has 0 amide bonds. The summed E-state index contributed by atoms with van der Waals surface area (Å²) in [5.41, 5.74) is 2.15. The Bertz CT molecular complexity index is 257. The molecule has 1 aromatic heterocycles. The highest BCUT2D eigenvalue weighted by Gasteiger charge is 2.27. The van der Waals surface area contributed by atoms with Gasteiger partial charge in [-0.05, 0) is 32.8 Å². The fourth-order valence-corrected chi connectivity index (χ4v) is 1.17. The van der Waals surface area contributed by atoms with Crippen LogP contribution in [-0.4, -0.2) is 9.97 Å². The highest BCUT2D eigenvalue weighted by atomic mass is 14.9. The van der Waals surface area contributed by atoms with E-state index in [1.807, 2.05) is 19.9 Å². The van der Waals surface area contributed by atoms with Gasteiger partial charge >= 0.3 is 0 Å². The molecule has 11 heavy (non-hydrogen) atoms. The zero-order valence-corrected chi connectivity index (χ0v) is 6.89. The van der Waals surface area contributed by atoms with Gasteiger partial charge in [0.2, 0.25) is 0 Å². The van der Waals surface area contributed by atoms with Gasteiger partial charge in [-0.3, -0.25) is 0 Å². The monoisotopic (exact) mass is 147 g/mol. The molecule has 2 heteroatoms. The second-order valence-corrected chi connectivity index (χ2v) is 3.08. The van der Waals surface area contributed by atoms with Crippen molar-refractivity contribution in [2.75, 3.05) is 0 Å². The summed E-state index contributed by atoms with van der Waals surface area (Å²) in [7, 11) is 0. The second kappa shape index (κ2) is 2.29. The van der Waals surface area contributed by atoms with Crippen molar-refractivity contribution in [3.8, 4) is 0 Å². The molecular weight excluding hydrogens is 136 g/mol. The summed E-state index contributed by atoms with van der Waals surface area (Å²) in [6.45, 7) is 4.03. The molecule has 0 atom stereocenters. The van der Waals surface area contributed by atoms with Crippen molar-refractivity contribution in [1.29, 1.82) is 0 Å². The second-order valence-electron chi connectivity index (χ2n) is 3.08. The fourth-order valence-electron chi connectivity index (χ4n) is 1.17. The van der Waals surface area contributed by atoms with E-state index in [1.165, 1.54) is 18.8 Å². The zero-order valence-electron chi connectivity index (χ0n) is 6.89.